The van der Waals surface area contributed by atoms with Gasteiger partial charge in [-0.2, -0.15) is 0 Å². The van der Waals surface area contributed by atoms with Gasteiger partial charge in [-0.15, -0.1) is 10.2 Å². The molecule has 0 N–H and O–H groups in total. The lowest BCUT2D eigenvalue weighted by Crippen LogP contribution is -1.92. The Morgan fingerprint density at radius 1 is 1.06 bits per heavy atom. The number of hydrogen-bond acceptors (Lipinski definition) is 3. The number of aromatic nitrogens is 5. The van der Waals surface area contributed by atoms with Crippen LogP contribution in [0.15, 0.2) is 48.9 Å². The molecule has 5 heteroatoms. The number of fused-ring (bicyclic) bond motifs is 2. The summed E-state index contributed by atoms with van der Waals surface area (Å²) in [5, 5.41) is 8.39. The average molecular weight is 234 g/mol. The Morgan fingerprint density at radius 2 is 2.06 bits per heavy atom. The smallest absolute Gasteiger partial charge is 0.172 e. The predicted molar refractivity (Wildman–Crippen MR) is 66.0 cm³/mol. The molecular formula is C13H8N5. The molecule has 4 aromatic heterocycles. The van der Waals surface area contributed by atoms with Crippen LogP contribution in [0.4, 0.5) is 0 Å². The Morgan fingerprint density at radius 3 is 3.06 bits per heavy atom. The molecule has 4 heterocycles. The van der Waals surface area contributed by atoms with Gasteiger partial charge in [-0.25, -0.2) is 4.98 Å². The minimum absolute atomic E-state index is 0.788. The summed E-state index contributed by atoms with van der Waals surface area (Å²) in [6.45, 7) is 0. The molecule has 0 bridgehead atoms. The van der Waals surface area contributed by atoms with E-state index in [2.05, 4.69) is 21.4 Å². The van der Waals surface area contributed by atoms with Crippen LogP contribution in [0.3, 0.4) is 0 Å². The highest BCUT2D eigenvalue weighted by atomic mass is 15.2. The fourth-order valence-electron chi connectivity index (χ4n) is 2.08. The molecule has 0 saturated heterocycles. The van der Waals surface area contributed by atoms with E-state index in [9.17, 15) is 0 Å². The molecule has 0 amide bonds. The van der Waals surface area contributed by atoms with Crippen LogP contribution in [0.5, 0.6) is 0 Å². The summed E-state index contributed by atoms with van der Waals surface area (Å²) in [4.78, 5) is 4.33. The van der Waals surface area contributed by atoms with E-state index in [-0.39, 0.29) is 0 Å². The highest BCUT2D eigenvalue weighted by molar-refractivity contribution is 5.74. The van der Waals surface area contributed by atoms with Crippen LogP contribution >= 0.6 is 0 Å². The molecule has 0 aliphatic rings. The van der Waals surface area contributed by atoms with Gasteiger partial charge in [0.25, 0.3) is 0 Å². The lowest BCUT2D eigenvalue weighted by atomic mass is 10.2. The van der Waals surface area contributed by atoms with Gasteiger partial charge in [0.2, 0.25) is 0 Å². The standard InChI is InChI=1S/C13H8N5/c1-2-8-18-11(5-1)15-16-13(18)10-4-3-7-17-9-6-14-12(10)17/h1-6,8-9H. The number of hydrogen-bond donors (Lipinski definition) is 0. The highest BCUT2D eigenvalue weighted by Crippen LogP contribution is 2.21. The first-order valence-electron chi connectivity index (χ1n) is 5.57. The van der Waals surface area contributed by atoms with Crippen LogP contribution in [-0.4, -0.2) is 24.0 Å². The molecule has 0 spiro atoms. The summed E-state index contributed by atoms with van der Waals surface area (Å²) in [7, 11) is 0. The summed E-state index contributed by atoms with van der Waals surface area (Å²) in [6, 6.07) is 9.63. The molecule has 85 valence electrons. The van der Waals surface area contributed by atoms with Crippen LogP contribution < -0.4 is 0 Å². The number of pyridine rings is 2. The highest BCUT2D eigenvalue weighted by Gasteiger charge is 2.11. The Balaban J connectivity index is 2.10. The lowest BCUT2D eigenvalue weighted by Gasteiger charge is -2.01. The second-order valence-corrected chi connectivity index (χ2v) is 3.95. The maximum Gasteiger partial charge on any atom is 0.172 e. The zero-order valence-corrected chi connectivity index (χ0v) is 9.35. The molecule has 0 unspecified atom stereocenters. The fourth-order valence-corrected chi connectivity index (χ4v) is 2.08. The lowest BCUT2D eigenvalue weighted by molar-refractivity contribution is 1.10. The molecule has 4 aromatic rings. The average Bonchev–Trinajstić information content (AvgIpc) is 3.05. The van der Waals surface area contributed by atoms with Crippen LogP contribution in [-0.2, 0) is 0 Å². The second kappa shape index (κ2) is 3.40. The summed E-state index contributed by atoms with van der Waals surface area (Å²) in [6.07, 6.45) is 8.63. The SMILES string of the molecule is [c]1ccc(-c2nnc3ccccn23)c2nccn12. The quantitative estimate of drug-likeness (QED) is 0.505. The monoisotopic (exact) mass is 234 g/mol. The molecule has 1 radical (unpaired) electrons. The number of imidazole rings is 1. The van der Waals surface area contributed by atoms with Crippen molar-refractivity contribution < 1.29 is 0 Å². The van der Waals surface area contributed by atoms with E-state index in [0.717, 1.165) is 22.7 Å². The van der Waals surface area contributed by atoms with Gasteiger partial charge in [0.1, 0.15) is 5.65 Å². The van der Waals surface area contributed by atoms with Crippen LogP contribution in [0.25, 0.3) is 22.7 Å². The van der Waals surface area contributed by atoms with Gasteiger partial charge in [-0.05, 0) is 24.3 Å². The Bertz CT molecular complexity index is 842. The van der Waals surface area contributed by atoms with Crippen molar-refractivity contribution in [3.05, 3.63) is 55.1 Å². The maximum atomic E-state index is 4.33. The first-order chi connectivity index (χ1) is 8.93. The zero-order chi connectivity index (χ0) is 11.9. The van der Waals surface area contributed by atoms with Gasteiger partial charge >= 0.3 is 0 Å². The molecule has 0 aliphatic heterocycles. The van der Waals surface area contributed by atoms with E-state index < -0.39 is 0 Å². The van der Waals surface area contributed by atoms with Crippen molar-refractivity contribution in [1.82, 2.24) is 24.0 Å². The van der Waals surface area contributed by atoms with Gasteiger partial charge in [-0.1, -0.05) is 6.07 Å². The number of nitrogens with zero attached hydrogens (tertiary/aromatic N) is 5. The molecule has 18 heavy (non-hydrogen) atoms. The Labute approximate surface area is 102 Å². The zero-order valence-electron chi connectivity index (χ0n) is 9.35. The fraction of sp³-hybridized carbons (Fsp3) is 0. The van der Waals surface area contributed by atoms with Gasteiger partial charge in [0, 0.05) is 18.6 Å². The van der Waals surface area contributed by atoms with Crippen molar-refractivity contribution in [1.29, 1.82) is 0 Å². The molecule has 5 nitrogen and oxygen atoms in total. The Hall–Kier alpha value is -2.69. The van der Waals surface area contributed by atoms with E-state index in [1.165, 1.54) is 0 Å². The van der Waals surface area contributed by atoms with Crippen molar-refractivity contribution in [2.45, 2.75) is 0 Å². The van der Waals surface area contributed by atoms with Crippen molar-refractivity contribution in [2.24, 2.45) is 0 Å². The van der Waals surface area contributed by atoms with Crippen molar-refractivity contribution in [3.8, 4) is 11.4 Å². The molecular weight excluding hydrogens is 226 g/mol. The summed E-state index contributed by atoms with van der Waals surface area (Å²) in [5.41, 5.74) is 2.60. The minimum atomic E-state index is 0.788. The summed E-state index contributed by atoms with van der Waals surface area (Å²) in [5.74, 6) is 0.788. The molecule has 0 aliphatic carbocycles. The van der Waals surface area contributed by atoms with Crippen molar-refractivity contribution in [3.63, 3.8) is 0 Å². The molecule has 0 atom stereocenters. The van der Waals surface area contributed by atoms with Crippen LogP contribution in [0.1, 0.15) is 0 Å². The van der Waals surface area contributed by atoms with Crippen molar-refractivity contribution in [2.75, 3.05) is 0 Å². The molecule has 0 aromatic carbocycles. The maximum absolute atomic E-state index is 4.33. The third-order valence-corrected chi connectivity index (χ3v) is 2.90. The van der Waals surface area contributed by atoms with E-state index >= 15 is 0 Å². The van der Waals surface area contributed by atoms with Gasteiger partial charge < -0.3 is 0 Å². The van der Waals surface area contributed by atoms with Crippen LogP contribution in [0, 0.1) is 6.20 Å². The van der Waals surface area contributed by atoms with Crippen LogP contribution in [0.2, 0.25) is 0 Å². The van der Waals surface area contributed by atoms with Gasteiger partial charge in [0.05, 0.1) is 11.8 Å². The Kier molecular flexibility index (Phi) is 1.77. The predicted octanol–water partition coefficient (Wildman–Crippen LogP) is 1.84. The molecule has 0 saturated carbocycles. The normalized spacial score (nSPS) is 11.3. The third-order valence-electron chi connectivity index (χ3n) is 2.90. The molecule has 4 rings (SSSR count). The first-order valence-corrected chi connectivity index (χ1v) is 5.57. The largest absolute Gasteiger partial charge is 0.298 e. The first kappa shape index (κ1) is 9.35. The summed E-state index contributed by atoms with van der Waals surface area (Å²) >= 11 is 0. The van der Waals surface area contributed by atoms with E-state index in [0.29, 0.717) is 0 Å². The summed E-state index contributed by atoms with van der Waals surface area (Å²) < 4.78 is 3.80. The third kappa shape index (κ3) is 1.18. The van der Waals surface area contributed by atoms with E-state index in [4.69, 9.17) is 0 Å². The number of rotatable bonds is 1. The van der Waals surface area contributed by atoms with Crippen molar-refractivity contribution >= 4 is 11.3 Å². The van der Waals surface area contributed by atoms with E-state index in [1.54, 1.807) is 6.20 Å². The van der Waals surface area contributed by atoms with Gasteiger partial charge in [-0.3, -0.25) is 8.80 Å². The van der Waals surface area contributed by atoms with E-state index in [1.807, 2.05) is 51.5 Å². The van der Waals surface area contributed by atoms with Gasteiger partial charge in [0.15, 0.2) is 11.5 Å². The second-order valence-electron chi connectivity index (χ2n) is 3.95. The molecule has 0 fully saturated rings. The topological polar surface area (TPSA) is 47.5 Å². The minimum Gasteiger partial charge on any atom is -0.298 e.